The minimum atomic E-state index is -0.516. The van der Waals surface area contributed by atoms with Crippen molar-refractivity contribution < 1.29 is 9.72 Å². The monoisotopic (exact) mass is 402 g/mol. The zero-order valence-electron chi connectivity index (χ0n) is 15.0. The van der Waals surface area contributed by atoms with Crippen LogP contribution in [0.15, 0.2) is 89.2 Å². The summed E-state index contributed by atoms with van der Waals surface area (Å²) >= 11 is 1.07. The fraction of sp³-hybridized carbons (Fsp3) is 0. The molecule has 0 saturated carbocycles. The number of carbonyl (C=O) groups is 1. The minimum absolute atomic E-state index is 0.173. The smallest absolute Gasteiger partial charge is 0.284 e. The molecule has 1 N–H and O–H groups in total. The van der Waals surface area contributed by atoms with Gasteiger partial charge in [-0.05, 0) is 52.9 Å². The lowest BCUT2D eigenvalue weighted by atomic mass is 10.1. The molecule has 4 aromatic rings. The van der Waals surface area contributed by atoms with Gasteiger partial charge in [0.25, 0.3) is 11.6 Å². The van der Waals surface area contributed by atoms with Crippen LogP contribution in [0.2, 0.25) is 0 Å². The molecule has 0 aliphatic heterocycles. The third-order valence-electron chi connectivity index (χ3n) is 4.17. The summed E-state index contributed by atoms with van der Waals surface area (Å²) < 4.78 is 0. The lowest BCUT2D eigenvalue weighted by Crippen LogP contribution is -2.12. The highest BCUT2D eigenvalue weighted by atomic mass is 32.2. The third-order valence-corrected chi connectivity index (χ3v) is 5.13. The van der Waals surface area contributed by atoms with E-state index in [9.17, 15) is 14.9 Å². The first-order valence-corrected chi connectivity index (χ1v) is 9.45. The van der Waals surface area contributed by atoms with Crippen LogP contribution in [0.25, 0.3) is 10.8 Å². The highest BCUT2D eigenvalue weighted by Crippen LogP contribution is 2.33. The van der Waals surface area contributed by atoms with Crippen LogP contribution in [0, 0.1) is 10.1 Å². The summed E-state index contributed by atoms with van der Waals surface area (Å²) in [5.41, 5.74) is 0.643. The Morgan fingerprint density at radius 3 is 2.45 bits per heavy atom. The summed E-state index contributed by atoms with van der Waals surface area (Å²) in [5, 5.41) is 16.7. The van der Waals surface area contributed by atoms with E-state index in [2.05, 4.69) is 15.3 Å². The molecule has 0 atom stereocenters. The van der Waals surface area contributed by atoms with Crippen LogP contribution in [0.1, 0.15) is 10.4 Å². The van der Waals surface area contributed by atoms with Crippen LogP contribution < -0.4 is 5.32 Å². The molecular weight excluding hydrogens is 388 g/mol. The number of hydrogen-bond donors (Lipinski definition) is 1. The predicted octanol–water partition coefficient (Wildman–Crippen LogP) is 4.94. The van der Waals surface area contributed by atoms with Crippen molar-refractivity contribution in [2.24, 2.45) is 0 Å². The number of rotatable bonds is 5. The highest BCUT2D eigenvalue weighted by Gasteiger charge is 2.19. The summed E-state index contributed by atoms with van der Waals surface area (Å²) in [4.78, 5) is 32.1. The second-order valence-electron chi connectivity index (χ2n) is 6.09. The maximum atomic E-state index is 12.6. The van der Waals surface area contributed by atoms with Gasteiger partial charge in [0.2, 0.25) is 0 Å². The second kappa shape index (κ2) is 8.07. The van der Waals surface area contributed by atoms with E-state index in [1.165, 1.54) is 12.1 Å². The Morgan fingerprint density at radius 1 is 0.931 bits per heavy atom. The number of hydrogen-bond acceptors (Lipinski definition) is 6. The van der Waals surface area contributed by atoms with Gasteiger partial charge in [-0.15, -0.1) is 0 Å². The lowest BCUT2D eigenvalue weighted by molar-refractivity contribution is -0.387. The Kier molecular flexibility index (Phi) is 5.17. The Bertz CT molecular complexity index is 1210. The first-order valence-electron chi connectivity index (χ1n) is 8.63. The maximum Gasteiger partial charge on any atom is 0.284 e. The number of nitro benzene ring substituents is 1. The first kappa shape index (κ1) is 18.6. The van der Waals surface area contributed by atoms with Gasteiger partial charge in [-0.1, -0.05) is 30.3 Å². The van der Waals surface area contributed by atoms with Crippen LogP contribution in [-0.2, 0) is 0 Å². The lowest BCUT2D eigenvalue weighted by Gasteiger charge is -2.08. The number of benzene rings is 3. The van der Waals surface area contributed by atoms with Gasteiger partial charge in [-0.2, -0.15) is 0 Å². The molecule has 8 heteroatoms. The quantitative estimate of drug-likeness (QED) is 0.288. The predicted molar refractivity (Wildman–Crippen MR) is 111 cm³/mol. The number of nitro groups is 1. The normalized spacial score (nSPS) is 10.6. The van der Waals surface area contributed by atoms with Crippen molar-refractivity contribution in [2.75, 3.05) is 5.32 Å². The number of nitrogens with zero attached hydrogens (tertiary/aromatic N) is 3. The van der Waals surface area contributed by atoms with Crippen molar-refractivity contribution >= 4 is 39.8 Å². The molecule has 0 saturated heterocycles. The van der Waals surface area contributed by atoms with Crippen LogP contribution in [0.5, 0.6) is 0 Å². The van der Waals surface area contributed by atoms with Crippen LogP contribution in [-0.4, -0.2) is 20.8 Å². The number of carbonyl (C=O) groups excluding carboxylic acids is 1. The molecule has 29 heavy (non-hydrogen) atoms. The third kappa shape index (κ3) is 4.22. The first-order chi connectivity index (χ1) is 14.1. The Morgan fingerprint density at radius 2 is 1.69 bits per heavy atom. The Hall–Kier alpha value is -3.78. The van der Waals surface area contributed by atoms with E-state index in [-0.39, 0.29) is 11.3 Å². The molecule has 1 amide bonds. The Labute approximate surface area is 170 Å². The van der Waals surface area contributed by atoms with Gasteiger partial charge in [-0.3, -0.25) is 14.9 Å². The molecule has 0 radical (unpaired) electrons. The van der Waals surface area contributed by atoms with E-state index >= 15 is 0 Å². The summed E-state index contributed by atoms with van der Waals surface area (Å²) in [5.74, 6) is -0.420. The van der Waals surface area contributed by atoms with Gasteiger partial charge in [0.05, 0.1) is 9.82 Å². The van der Waals surface area contributed by atoms with Gasteiger partial charge >= 0.3 is 0 Å². The highest BCUT2D eigenvalue weighted by molar-refractivity contribution is 7.99. The largest absolute Gasteiger partial charge is 0.322 e. The van der Waals surface area contributed by atoms with Crippen molar-refractivity contribution in [3.63, 3.8) is 0 Å². The number of anilines is 1. The van der Waals surface area contributed by atoms with Gasteiger partial charge in [0.1, 0.15) is 0 Å². The zero-order chi connectivity index (χ0) is 20.2. The van der Waals surface area contributed by atoms with Crippen molar-refractivity contribution in [1.29, 1.82) is 0 Å². The van der Waals surface area contributed by atoms with E-state index < -0.39 is 10.8 Å². The van der Waals surface area contributed by atoms with Crippen molar-refractivity contribution in [3.05, 3.63) is 94.8 Å². The van der Waals surface area contributed by atoms with E-state index in [0.717, 1.165) is 22.5 Å². The van der Waals surface area contributed by atoms with Crippen LogP contribution in [0.4, 0.5) is 11.4 Å². The van der Waals surface area contributed by atoms with Gasteiger partial charge in [-0.25, -0.2) is 9.97 Å². The number of amides is 1. The van der Waals surface area contributed by atoms with Gasteiger partial charge < -0.3 is 5.32 Å². The van der Waals surface area contributed by atoms with Crippen LogP contribution >= 0.6 is 11.8 Å². The molecule has 4 rings (SSSR count). The van der Waals surface area contributed by atoms with E-state index in [1.54, 1.807) is 30.6 Å². The molecule has 0 spiro atoms. The summed E-state index contributed by atoms with van der Waals surface area (Å²) in [6, 6.07) is 19.4. The van der Waals surface area contributed by atoms with E-state index in [0.29, 0.717) is 15.7 Å². The molecule has 0 fully saturated rings. The van der Waals surface area contributed by atoms with Crippen molar-refractivity contribution in [2.45, 2.75) is 10.1 Å². The Balaban J connectivity index is 1.59. The molecule has 3 aromatic carbocycles. The molecule has 1 heterocycles. The summed E-state index contributed by atoms with van der Waals surface area (Å²) in [6.07, 6.45) is 3.12. The molecular formula is C21H14N4O3S. The topological polar surface area (TPSA) is 98.0 Å². The molecule has 0 unspecified atom stereocenters. The zero-order valence-corrected chi connectivity index (χ0v) is 15.8. The van der Waals surface area contributed by atoms with E-state index in [1.807, 2.05) is 36.4 Å². The van der Waals surface area contributed by atoms with Crippen LogP contribution in [0.3, 0.4) is 0 Å². The van der Waals surface area contributed by atoms with Gasteiger partial charge in [0, 0.05) is 29.7 Å². The average molecular weight is 402 g/mol. The molecule has 142 valence electrons. The second-order valence-corrected chi connectivity index (χ2v) is 7.10. The fourth-order valence-electron chi connectivity index (χ4n) is 2.79. The molecule has 1 aromatic heterocycles. The van der Waals surface area contributed by atoms with Crippen molar-refractivity contribution in [3.8, 4) is 0 Å². The van der Waals surface area contributed by atoms with Crippen molar-refractivity contribution in [1.82, 2.24) is 9.97 Å². The fourth-order valence-corrected chi connectivity index (χ4v) is 3.59. The maximum absolute atomic E-state index is 12.6. The van der Waals surface area contributed by atoms with E-state index in [4.69, 9.17) is 0 Å². The number of nitrogens with one attached hydrogen (secondary N) is 1. The standard InChI is InChI=1S/C21H14N4O3S/c26-20(24-17-8-6-14-4-1-2-5-15(14)12-17)16-7-9-19(18(13-16)25(27)28)29-21-22-10-3-11-23-21/h1-13H,(H,24,26). The SMILES string of the molecule is O=C(Nc1ccc2ccccc2c1)c1ccc(Sc2ncccn2)c([N+](=O)[O-])c1. The van der Waals surface area contributed by atoms with Gasteiger partial charge in [0.15, 0.2) is 5.16 Å². The number of fused-ring (bicyclic) bond motifs is 1. The molecule has 0 aliphatic carbocycles. The molecule has 0 bridgehead atoms. The molecule has 7 nitrogen and oxygen atoms in total. The summed E-state index contributed by atoms with van der Waals surface area (Å²) in [6.45, 7) is 0. The molecule has 0 aliphatic rings. The summed E-state index contributed by atoms with van der Waals surface area (Å²) in [7, 11) is 0. The number of aromatic nitrogens is 2. The average Bonchev–Trinajstić information content (AvgIpc) is 2.74. The minimum Gasteiger partial charge on any atom is -0.322 e.